The van der Waals surface area contributed by atoms with Gasteiger partial charge < -0.3 is 10.5 Å². The van der Waals surface area contributed by atoms with Gasteiger partial charge in [-0.05, 0) is 23.3 Å². The molecule has 22 heavy (non-hydrogen) atoms. The van der Waals surface area contributed by atoms with Crippen LogP contribution in [0.25, 0.3) is 0 Å². The van der Waals surface area contributed by atoms with E-state index in [9.17, 15) is 4.79 Å². The van der Waals surface area contributed by atoms with Gasteiger partial charge in [-0.2, -0.15) is 5.01 Å². The first kappa shape index (κ1) is 15.5. The molecule has 0 fully saturated rings. The largest absolute Gasteiger partial charge is 0.443 e. The third-order valence-electron chi connectivity index (χ3n) is 2.97. The Bertz CT molecular complexity index is 614. The summed E-state index contributed by atoms with van der Waals surface area (Å²) in [5.74, 6) is 0. The molecule has 0 atom stereocenters. The van der Waals surface area contributed by atoms with Crippen LogP contribution in [-0.2, 0) is 17.9 Å². The molecule has 2 aromatic carbocycles. The van der Waals surface area contributed by atoms with E-state index < -0.39 is 6.09 Å². The number of carbonyl (C=O) groups excluding carboxylic acids is 1. The SMILES string of the molecule is N=CN(Nc1ccc(CN)cc1)C(=O)OCc1ccccc1. The van der Waals surface area contributed by atoms with Crippen LogP contribution in [0, 0.1) is 5.41 Å². The summed E-state index contributed by atoms with van der Waals surface area (Å²) >= 11 is 0. The molecule has 0 heterocycles. The fourth-order valence-electron chi connectivity index (χ4n) is 1.77. The van der Waals surface area contributed by atoms with Crippen LogP contribution in [0.1, 0.15) is 11.1 Å². The zero-order valence-corrected chi connectivity index (χ0v) is 12.0. The summed E-state index contributed by atoms with van der Waals surface area (Å²) in [6.45, 7) is 0.603. The van der Waals surface area contributed by atoms with Gasteiger partial charge in [0.05, 0.1) is 5.69 Å². The molecule has 0 radical (unpaired) electrons. The smallest absolute Gasteiger partial charge is 0.434 e. The molecule has 0 bridgehead atoms. The number of hydrazine groups is 1. The summed E-state index contributed by atoms with van der Waals surface area (Å²) in [4.78, 5) is 11.9. The summed E-state index contributed by atoms with van der Waals surface area (Å²) in [6.07, 6.45) is 0.214. The minimum Gasteiger partial charge on any atom is -0.443 e. The molecule has 0 aliphatic carbocycles. The maximum Gasteiger partial charge on any atom is 0.434 e. The van der Waals surface area contributed by atoms with Gasteiger partial charge in [-0.1, -0.05) is 42.5 Å². The van der Waals surface area contributed by atoms with E-state index in [0.29, 0.717) is 12.2 Å². The van der Waals surface area contributed by atoms with Crippen molar-refractivity contribution in [3.63, 3.8) is 0 Å². The minimum atomic E-state index is -0.651. The number of ether oxygens (including phenoxy) is 1. The van der Waals surface area contributed by atoms with Crippen LogP contribution < -0.4 is 11.2 Å². The normalized spacial score (nSPS) is 9.86. The van der Waals surface area contributed by atoms with Gasteiger partial charge >= 0.3 is 6.09 Å². The van der Waals surface area contributed by atoms with Gasteiger partial charge in [-0.25, -0.2) is 4.79 Å². The van der Waals surface area contributed by atoms with Crippen molar-refractivity contribution in [3.8, 4) is 0 Å². The van der Waals surface area contributed by atoms with Crippen molar-refractivity contribution in [3.05, 3.63) is 65.7 Å². The lowest BCUT2D eigenvalue weighted by atomic mass is 10.2. The van der Waals surface area contributed by atoms with Crippen molar-refractivity contribution in [1.82, 2.24) is 5.01 Å². The van der Waals surface area contributed by atoms with Crippen molar-refractivity contribution >= 4 is 18.1 Å². The molecule has 0 aromatic heterocycles. The van der Waals surface area contributed by atoms with Crippen molar-refractivity contribution in [2.24, 2.45) is 5.73 Å². The number of carbonyl (C=O) groups is 1. The molecule has 0 aliphatic rings. The minimum absolute atomic E-state index is 0.151. The van der Waals surface area contributed by atoms with E-state index >= 15 is 0 Å². The predicted molar refractivity (Wildman–Crippen MR) is 85.2 cm³/mol. The predicted octanol–water partition coefficient (Wildman–Crippen LogP) is 2.72. The fourth-order valence-corrected chi connectivity index (χ4v) is 1.77. The van der Waals surface area contributed by atoms with Crippen molar-refractivity contribution < 1.29 is 9.53 Å². The van der Waals surface area contributed by atoms with E-state index in [0.717, 1.165) is 22.5 Å². The summed E-state index contributed by atoms with van der Waals surface area (Å²) in [5, 5.41) is 8.29. The Labute approximate surface area is 129 Å². The highest BCUT2D eigenvalue weighted by Gasteiger charge is 2.12. The Hall–Kier alpha value is -2.86. The second kappa shape index (κ2) is 7.80. The van der Waals surface area contributed by atoms with Gasteiger partial charge in [-0.15, -0.1) is 0 Å². The number of hydrogen-bond donors (Lipinski definition) is 3. The lowest BCUT2D eigenvalue weighted by Crippen LogP contribution is -2.35. The van der Waals surface area contributed by atoms with Crippen LogP contribution in [0.5, 0.6) is 0 Å². The van der Waals surface area contributed by atoms with Crippen LogP contribution in [-0.4, -0.2) is 17.4 Å². The van der Waals surface area contributed by atoms with Crippen LogP contribution in [0.2, 0.25) is 0 Å². The quantitative estimate of drug-likeness (QED) is 0.434. The van der Waals surface area contributed by atoms with E-state index in [-0.39, 0.29) is 6.61 Å². The number of amides is 1. The summed E-state index contributed by atoms with van der Waals surface area (Å²) in [7, 11) is 0. The molecule has 4 N–H and O–H groups in total. The monoisotopic (exact) mass is 298 g/mol. The van der Waals surface area contributed by atoms with Gasteiger partial charge in [0.1, 0.15) is 12.9 Å². The number of nitrogens with one attached hydrogen (secondary N) is 2. The van der Waals surface area contributed by atoms with E-state index in [2.05, 4.69) is 5.43 Å². The first-order valence-electron chi connectivity index (χ1n) is 6.79. The average molecular weight is 298 g/mol. The lowest BCUT2D eigenvalue weighted by Gasteiger charge is -2.19. The maximum absolute atomic E-state index is 11.9. The van der Waals surface area contributed by atoms with Crippen molar-refractivity contribution in [1.29, 1.82) is 5.41 Å². The molecular formula is C16H18N4O2. The Kier molecular flexibility index (Phi) is 5.50. The number of rotatable bonds is 6. The highest BCUT2D eigenvalue weighted by molar-refractivity contribution is 5.83. The van der Waals surface area contributed by atoms with Gasteiger partial charge in [0, 0.05) is 6.54 Å². The number of anilines is 1. The topological polar surface area (TPSA) is 91.4 Å². The molecule has 0 spiro atoms. The van der Waals surface area contributed by atoms with E-state index in [4.69, 9.17) is 15.9 Å². The molecular weight excluding hydrogens is 280 g/mol. The maximum atomic E-state index is 11.9. The third-order valence-corrected chi connectivity index (χ3v) is 2.97. The molecule has 2 rings (SSSR count). The van der Waals surface area contributed by atoms with E-state index in [1.807, 2.05) is 42.5 Å². The first-order chi connectivity index (χ1) is 10.7. The van der Waals surface area contributed by atoms with E-state index in [1.165, 1.54) is 0 Å². The highest BCUT2D eigenvalue weighted by atomic mass is 16.6. The van der Waals surface area contributed by atoms with Gasteiger partial charge in [0.25, 0.3) is 0 Å². The van der Waals surface area contributed by atoms with Crippen LogP contribution in [0.4, 0.5) is 10.5 Å². The Morgan fingerprint density at radius 1 is 1.14 bits per heavy atom. The molecule has 0 aliphatic heterocycles. The van der Waals surface area contributed by atoms with Crippen LogP contribution in [0.3, 0.4) is 0 Å². The number of benzene rings is 2. The lowest BCUT2D eigenvalue weighted by molar-refractivity contribution is 0.122. The third kappa shape index (κ3) is 4.32. The van der Waals surface area contributed by atoms with Crippen molar-refractivity contribution in [2.75, 3.05) is 5.43 Å². The zero-order valence-electron chi connectivity index (χ0n) is 12.0. The molecule has 6 heteroatoms. The Balaban J connectivity index is 1.92. The van der Waals surface area contributed by atoms with Crippen molar-refractivity contribution in [2.45, 2.75) is 13.2 Å². The Morgan fingerprint density at radius 3 is 2.41 bits per heavy atom. The summed E-state index contributed by atoms with van der Waals surface area (Å²) in [5.41, 5.74) is 10.9. The zero-order chi connectivity index (χ0) is 15.8. The molecule has 2 aromatic rings. The van der Waals surface area contributed by atoms with Crippen LogP contribution >= 0.6 is 0 Å². The molecule has 0 unspecified atom stereocenters. The van der Waals surface area contributed by atoms with Gasteiger partial charge in [0.15, 0.2) is 0 Å². The van der Waals surface area contributed by atoms with Crippen LogP contribution in [0.15, 0.2) is 54.6 Å². The van der Waals surface area contributed by atoms with Gasteiger partial charge in [-0.3, -0.25) is 10.8 Å². The number of nitrogens with zero attached hydrogens (tertiary/aromatic N) is 1. The average Bonchev–Trinajstić information content (AvgIpc) is 2.59. The fraction of sp³-hybridized carbons (Fsp3) is 0.125. The molecule has 6 nitrogen and oxygen atoms in total. The molecule has 0 saturated heterocycles. The standard InChI is InChI=1S/C16H18N4O2/c17-10-13-6-8-15(9-7-13)19-20(12-18)16(21)22-11-14-4-2-1-3-5-14/h1-9,12,18-19H,10-11,17H2. The highest BCUT2D eigenvalue weighted by Crippen LogP contribution is 2.10. The number of nitrogens with two attached hydrogens (primary N) is 1. The Morgan fingerprint density at radius 2 is 1.82 bits per heavy atom. The molecule has 1 amide bonds. The summed E-state index contributed by atoms with van der Waals surface area (Å²) < 4.78 is 5.15. The molecule has 0 saturated carbocycles. The number of hydrogen-bond acceptors (Lipinski definition) is 5. The molecule has 114 valence electrons. The first-order valence-corrected chi connectivity index (χ1v) is 6.79. The van der Waals surface area contributed by atoms with Gasteiger partial charge in [0.2, 0.25) is 0 Å². The second-order valence-corrected chi connectivity index (χ2v) is 4.55. The summed E-state index contributed by atoms with van der Waals surface area (Å²) in [6, 6.07) is 16.6. The van der Waals surface area contributed by atoms with E-state index in [1.54, 1.807) is 12.1 Å². The second-order valence-electron chi connectivity index (χ2n) is 4.55.